The Balaban J connectivity index is 1.67. The number of rotatable bonds is 7. The maximum Gasteiger partial charge on any atom is 0.338 e. The van der Waals surface area contributed by atoms with Crippen LogP contribution in [0.4, 0.5) is 0 Å². The maximum absolute atomic E-state index is 12.2. The Labute approximate surface area is 162 Å². The van der Waals surface area contributed by atoms with Crippen molar-refractivity contribution < 1.29 is 22.5 Å². The molecule has 0 saturated carbocycles. The van der Waals surface area contributed by atoms with Crippen LogP contribution in [0.3, 0.4) is 0 Å². The third-order valence-corrected chi connectivity index (χ3v) is 5.36. The minimum Gasteiger partial charge on any atom is -0.454 e. The topological polar surface area (TPSA) is 111 Å². The lowest BCUT2D eigenvalue weighted by atomic mass is 10.1. The SMILES string of the molecule is CCNS(=O)(=O)c1cccc(C(=O)OCc2noc(-c3ccc(C)cc3)n2)c1. The van der Waals surface area contributed by atoms with Crippen LogP contribution in [0.25, 0.3) is 11.5 Å². The minimum atomic E-state index is -3.66. The van der Waals surface area contributed by atoms with Crippen LogP contribution in [0.1, 0.15) is 28.7 Å². The quantitative estimate of drug-likeness (QED) is 0.606. The monoisotopic (exact) mass is 401 g/mol. The first-order valence-corrected chi connectivity index (χ1v) is 10.0. The number of carbonyl (C=O) groups excluding carboxylic acids is 1. The molecular formula is C19H19N3O5S. The van der Waals surface area contributed by atoms with E-state index in [0.29, 0.717) is 5.89 Å². The summed E-state index contributed by atoms with van der Waals surface area (Å²) < 4.78 is 36.8. The molecule has 0 atom stereocenters. The number of aromatic nitrogens is 2. The predicted molar refractivity (Wildman–Crippen MR) is 101 cm³/mol. The minimum absolute atomic E-state index is 0.00924. The molecular weight excluding hydrogens is 382 g/mol. The molecule has 1 aromatic heterocycles. The van der Waals surface area contributed by atoms with E-state index in [4.69, 9.17) is 9.26 Å². The molecule has 3 rings (SSSR count). The lowest BCUT2D eigenvalue weighted by Crippen LogP contribution is -2.23. The lowest BCUT2D eigenvalue weighted by Gasteiger charge is -2.06. The third-order valence-electron chi connectivity index (χ3n) is 3.81. The molecule has 9 heteroatoms. The van der Waals surface area contributed by atoms with E-state index in [1.165, 1.54) is 24.3 Å². The summed E-state index contributed by atoms with van der Waals surface area (Å²) in [5, 5.41) is 3.79. The van der Waals surface area contributed by atoms with Gasteiger partial charge in [0.25, 0.3) is 5.89 Å². The highest BCUT2D eigenvalue weighted by atomic mass is 32.2. The maximum atomic E-state index is 12.2. The molecule has 3 aromatic rings. The summed E-state index contributed by atoms with van der Waals surface area (Å²) in [7, 11) is -3.66. The Kier molecular flexibility index (Phi) is 5.86. The van der Waals surface area contributed by atoms with Crippen LogP contribution in [0.5, 0.6) is 0 Å². The summed E-state index contributed by atoms with van der Waals surface area (Å²) in [5.41, 5.74) is 1.98. The summed E-state index contributed by atoms with van der Waals surface area (Å²) in [5.74, 6) is -0.152. The van der Waals surface area contributed by atoms with Crippen LogP contribution in [0, 0.1) is 6.92 Å². The molecule has 0 bridgehead atoms. The molecule has 0 saturated heterocycles. The number of ether oxygens (including phenoxy) is 1. The van der Waals surface area contributed by atoms with E-state index in [0.717, 1.165) is 11.1 Å². The van der Waals surface area contributed by atoms with Crippen molar-refractivity contribution in [3.63, 3.8) is 0 Å². The highest BCUT2D eigenvalue weighted by molar-refractivity contribution is 7.89. The number of nitrogens with one attached hydrogen (secondary N) is 1. The zero-order valence-electron chi connectivity index (χ0n) is 15.4. The molecule has 1 heterocycles. The Morgan fingerprint density at radius 2 is 1.93 bits per heavy atom. The number of esters is 1. The van der Waals surface area contributed by atoms with Crippen LogP contribution in [-0.2, 0) is 21.4 Å². The average Bonchev–Trinajstić information content (AvgIpc) is 3.16. The van der Waals surface area contributed by atoms with E-state index in [2.05, 4.69) is 14.9 Å². The van der Waals surface area contributed by atoms with Crippen molar-refractivity contribution in [3.8, 4) is 11.5 Å². The fourth-order valence-electron chi connectivity index (χ4n) is 2.40. The van der Waals surface area contributed by atoms with E-state index in [9.17, 15) is 13.2 Å². The number of aryl methyl sites for hydroxylation is 1. The zero-order chi connectivity index (χ0) is 20.1. The lowest BCUT2D eigenvalue weighted by molar-refractivity contribution is 0.0459. The first-order chi connectivity index (χ1) is 13.4. The largest absolute Gasteiger partial charge is 0.454 e. The van der Waals surface area contributed by atoms with Gasteiger partial charge in [0.2, 0.25) is 15.8 Å². The summed E-state index contributed by atoms with van der Waals surface area (Å²) in [6.45, 7) is 3.70. The van der Waals surface area contributed by atoms with Gasteiger partial charge in [-0.2, -0.15) is 4.98 Å². The van der Waals surface area contributed by atoms with Gasteiger partial charge in [0.05, 0.1) is 10.5 Å². The van der Waals surface area contributed by atoms with Crippen molar-refractivity contribution in [2.75, 3.05) is 6.54 Å². The van der Waals surface area contributed by atoms with Crippen LogP contribution in [-0.4, -0.2) is 31.1 Å². The van der Waals surface area contributed by atoms with Crippen LogP contribution >= 0.6 is 0 Å². The van der Waals surface area contributed by atoms with Crippen LogP contribution < -0.4 is 4.72 Å². The fraction of sp³-hybridized carbons (Fsp3) is 0.211. The molecule has 0 amide bonds. The number of hydrogen-bond acceptors (Lipinski definition) is 7. The van der Waals surface area contributed by atoms with Gasteiger partial charge in [0.1, 0.15) is 0 Å². The summed E-state index contributed by atoms with van der Waals surface area (Å²) in [4.78, 5) is 16.4. The highest BCUT2D eigenvalue weighted by Crippen LogP contribution is 2.18. The Bertz CT molecular complexity index is 1070. The first-order valence-electron chi connectivity index (χ1n) is 8.55. The van der Waals surface area contributed by atoms with Crippen molar-refractivity contribution in [2.24, 2.45) is 0 Å². The van der Waals surface area contributed by atoms with Gasteiger partial charge in [0.15, 0.2) is 6.61 Å². The molecule has 0 unspecified atom stereocenters. The van der Waals surface area contributed by atoms with E-state index in [1.54, 1.807) is 6.92 Å². The van der Waals surface area contributed by atoms with E-state index in [1.807, 2.05) is 31.2 Å². The summed E-state index contributed by atoms with van der Waals surface area (Å²) >= 11 is 0. The second-order valence-electron chi connectivity index (χ2n) is 5.99. The van der Waals surface area contributed by atoms with E-state index in [-0.39, 0.29) is 29.4 Å². The van der Waals surface area contributed by atoms with Gasteiger partial charge in [-0.25, -0.2) is 17.9 Å². The Morgan fingerprint density at radius 1 is 1.18 bits per heavy atom. The molecule has 28 heavy (non-hydrogen) atoms. The normalized spacial score (nSPS) is 11.4. The van der Waals surface area contributed by atoms with Gasteiger partial charge in [-0.05, 0) is 37.3 Å². The molecule has 0 fully saturated rings. The van der Waals surface area contributed by atoms with Crippen molar-refractivity contribution in [3.05, 3.63) is 65.5 Å². The van der Waals surface area contributed by atoms with Gasteiger partial charge >= 0.3 is 5.97 Å². The van der Waals surface area contributed by atoms with Gasteiger partial charge < -0.3 is 9.26 Å². The molecule has 0 spiro atoms. The number of carbonyl (C=O) groups is 1. The summed E-state index contributed by atoms with van der Waals surface area (Å²) in [6.07, 6.45) is 0. The van der Waals surface area contributed by atoms with E-state index >= 15 is 0 Å². The molecule has 0 aliphatic carbocycles. The summed E-state index contributed by atoms with van der Waals surface area (Å²) in [6, 6.07) is 13.2. The Morgan fingerprint density at radius 3 is 2.64 bits per heavy atom. The first kappa shape index (κ1) is 19.7. The smallest absolute Gasteiger partial charge is 0.338 e. The van der Waals surface area contributed by atoms with Crippen molar-refractivity contribution in [1.82, 2.24) is 14.9 Å². The molecule has 2 aromatic carbocycles. The molecule has 1 N–H and O–H groups in total. The standard InChI is InChI=1S/C19H19N3O5S/c1-3-20-28(24,25)16-6-4-5-15(11-16)19(23)26-12-17-21-18(27-22-17)14-9-7-13(2)8-10-14/h4-11,20H,3,12H2,1-2H3. The molecule has 0 radical (unpaired) electrons. The second-order valence-corrected chi connectivity index (χ2v) is 7.75. The number of hydrogen-bond donors (Lipinski definition) is 1. The van der Waals surface area contributed by atoms with E-state index < -0.39 is 16.0 Å². The van der Waals surface area contributed by atoms with Crippen LogP contribution in [0.15, 0.2) is 57.9 Å². The zero-order valence-corrected chi connectivity index (χ0v) is 16.2. The second kappa shape index (κ2) is 8.32. The number of nitrogens with zero attached hydrogens (tertiary/aromatic N) is 2. The Hall–Kier alpha value is -3.04. The number of benzene rings is 2. The molecule has 0 aliphatic heterocycles. The third kappa shape index (κ3) is 4.62. The molecule has 8 nitrogen and oxygen atoms in total. The van der Waals surface area contributed by atoms with Crippen molar-refractivity contribution >= 4 is 16.0 Å². The van der Waals surface area contributed by atoms with Crippen molar-refractivity contribution in [2.45, 2.75) is 25.3 Å². The average molecular weight is 401 g/mol. The van der Waals surface area contributed by atoms with Crippen LogP contribution in [0.2, 0.25) is 0 Å². The van der Waals surface area contributed by atoms with Gasteiger partial charge in [-0.3, -0.25) is 0 Å². The van der Waals surface area contributed by atoms with Gasteiger partial charge in [-0.1, -0.05) is 35.8 Å². The fourth-order valence-corrected chi connectivity index (χ4v) is 3.49. The molecule has 146 valence electrons. The predicted octanol–water partition coefficient (Wildman–Crippen LogP) is 2.70. The van der Waals surface area contributed by atoms with Crippen molar-refractivity contribution in [1.29, 1.82) is 0 Å². The molecule has 0 aliphatic rings. The number of sulfonamides is 1. The highest BCUT2D eigenvalue weighted by Gasteiger charge is 2.17. The van der Waals surface area contributed by atoms with Gasteiger partial charge in [-0.15, -0.1) is 0 Å². The van der Waals surface area contributed by atoms with Gasteiger partial charge in [0, 0.05) is 12.1 Å².